The van der Waals surface area contributed by atoms with E-state index in [0.29, 0.717) is 19.4 Å². The van der Waals surface area contributed by atoms with Crippen molar-refractivity contribution in [3.63, 3.8) is 0 Å². The Morgan fingerprint density at radius 2 is 1.82 bits per heavy atom. The number of hydrogen-bond donors (Lipinski definition) is 2. The average Bonchev–Trinajstić information content (AvgIpc) is 2.30. The molecule has 0 saturated carbocycles. The first-order chi connectivity index (χ1) is 8.18. The first kappa shape index (κ1) is 13.2. The summed E-state index contributed by atoms with van der Waals surface area (Å²) in [6.07, 6.45) is 1.97. The molecule has 0 aliphatic heterocycles. The Bertz CT molecular complexity index is 363. The van der Waals surface area contributed by atoms with Crippen molar-refractivity contribution in [3.05, 3.63) is 35.9 Å². The van der Waals surface area contributed by atoms with Crippen LogP contribution in [-0.4, -0.2) is 18.4 Å². The lowest BCUT2D eigenvalue weighted by atomic mass is 10.1. The molecule has 0 aromatic heterocycles. The second-order valence-electron chi connectivity index (χ2n) is 3.91. The van der Waals surface area contributed by atoms with Crippen molar-refractivity contribution >= 4 is 11.8 Å². The van der Waals surface area contributed by atoms with Gasteiger partial charge in [0.1, 0.15) is 0 Å². The minimum Gasteiger partial charge on any atom is -0.370 e. The first-order valence-electron chi connectivity index (χ1n) is 5.77. The van der Waals surface area contributed by atoms with E-state index >= 15 is 0 Å². The highest BCUT2D eigenvalue weighted by molar-refractivity contribution is 5.77. The molecule has 0 atom stereocenters. The molecule has 0 heterocycles. The van der Waals surface area contributed by atoms with E-state index in [1.165, 1.54) is 5.56 Å². The maximum Gasteiger partial charge on any atom is 0.220 e. The van der Waals surface area contributed by atoms with Crippen molar-refractivity contribution in [2.45, 2.75) is 25.7 Å². The van der Waals surface area contributed by atoms with Crippen LogP contribution >= 0.6 is 0 Å². The van der Waals surface area contributed by atoms with Gasteiger partial charge in [-0.25, -0.2) is 0 Å². The van der Waals surface area contributed by atoms with Crippen LogP contribution in [0.25, 0.3) is 0 Å². The van der Waals surface area contributed by atoms with Gasteiger partial charge in [0.25, 0.3) is 0 Å². The predicted octanol–water partition coefficient (Wildman–Crippen LogP) is 1.00. The smallest absolute Gasteiger partial charge is 0.220 e. The summed E-state index contributed by atoms with van der Waals surface area (Å²) in [6.45, 7) is 0.624. The summed E-state index contributed by atoms with van der Waals surface area (Å²) in [5.41, 5.74) is 6.18. The summed E-state index contributed by atoms with van der Waals surface area (Å²) >= 11 is 0. The monoisotopic (exact) mass is 234 g/mol. The van der Waals surface area contributed by atoms with Gasteiger partial charge in [0.15, 0.2) is 0 Å². The number of hydrogen-bond acceptors (Lipinski definition) is 2. The molecule has 1 aromatic carbocycles. The summed E-state index contributed by atoms with van der Waals surface area (Å²) < 4.78 is 0. The number of primary amides is 1. The second kappa shape index (κ2) is 7.44. The molecule has 1 aromatic rings. The lowest BCUT2D eigenvalue weighted by molar-refractivity contribution is -0.121. The van der Waals surface area contributed by atoms with E-state index in [1.54, 1.807) is 0 Å². The van der Waals surface area contributed by atoms with Gasteiger partial charge in [-0.2, -0.15) is 0 Å². The summed E-state index contributed by atoms with van der Waals surface area (Å²) in [5.74, 6) is -0.385. The molecule has 2 amide bonds. The number of benzene rings is 1. The zero-order chi connectivity index (χ0) is 12.5. The molecule has 0 aliphatic rings. The molecule has 0 fully saturated rings. The van der Waals surface area contributed by atoms with Gasteiger partial charge >= 0.3 is 0 Å². The maximum atomic E-state index is 11.4. The largest absolute Gasteiger partial charge is 0.370 e. The Morgan fingerprint density at radius 1 is 1.12 bits per heavy atom. The van der Waals surface area contributed by atoms with Crippen molar-refractivity contribution in [3.8, 4) is 0 Å². The van der Waals surface area contributed by atoms with Crippen LogP contribution in [0, 0.1) is 0 Å². The maximum absolute atomic E-state index is 11.4. The molecule has 17 heavy (non-hydrogen) atoms. The summed E-state index contributed by atoms with van der Waals surface area (Å²) in [6, 6.07) is 9.97. The van der Waals surface area contributed by atoms with E-state index in [9.17, 15) is 9.59 Å². The van der Waals surface area contributed by atoms with E-state index in [1.807, 2.05) is 30.3 Å². The van der Waals surface area contributed by atoms with Gasteiger partial charge in [0.05, 0.1) is 0 Å². The highest BCUT2D eigenvalue weighted by Gasteiger charge is 2.02. The molecule has 0 aliphatic carbocycles. The van der Waals surface area contributed by atoms with E-state index in [4.69, 9.17) is 5.73 Å². The molecule has 1 rings (SSSR count). The van der Waals surface area contributed by atoms with Crippen LogP contribution in [0.4, 0.5) is 0 Å². The van der Waals surface area contributed by atoms with Gasteiger partial charge in [-0.1, -0.05) is 30.3 Å². The summed E-state index contributed by atoms with van der Waals surface area (Å²) in [7, 11) is 0. The lowest BCUT2D eigenvalue weighted by Gasteiger charge is -2.04. The predicted molar refractivity (Wildman–Crippen MR) is 66.2 cm³/mol. The van der Waals surface area contributed by atoms with Crippen LogP contribution < -0.4 is 11.1 Å². The van der Waals surface area contributed by atoms with Gasteiger partial charge in [-0.05, 0) is 18.4 Å². The zero-order valence-electron chi connectivity index (χ0n) is 9.82. The molecule has 4 heteroatoms. The molecule has 92 valence electrons. The van der Waals surface area contributed by atoms with Gasteiger partial charge in [-0.15, -0.1) is 0 Å². The first-order valence-corrected chi connectivity index (χ1v) is 5.77. The highest BCUT2D eigenvalue weighted by Crippen LogP contribution is 1.99. The Labute approximate surface area is 101 Å². The van der Waals surface area contributed by atoms with Gasteiger partial charge in [0, 0.05) is 19.4 Å². The average molecular weight is 234 g/mol. The molecule has 0 radical (unpaired) electrons. The van der Waals surface area contributed by atoms with E-state index in [2.05, 4.69) is 5.32 Å². The van der Waals surface area contributed by atoms with E-state index in [0.717, 1.165) is 6.42 Å². The fraction of sp³-hybridized carbons (Fsp3) is 0.385. The molecular formula is C13H18N2O2. The molecule has 0 spiro atoms. The third-order valence-electron chi connectivity index (χ3n) is 2.41. The molecule has 0 saturated heterocycles. The fourth-order valence-electron chi connectivity index (χ4n) is 1.50. The SMILES string of the molecule is NC(=O)CCCC(=O)NCCc1ccccc1. The van der Waals surface area contributed by atoms with Crippen LogP contribution in [0.2, 0.25) is 0 Å². The molecule has 3 N–H and O–H groups in total. The van der Waals surface area contributed by atoms with Crippen molar-refractivity contribution in [2.24, 2.45) is 5.73 Å². The van der Waals surface area contributed by atoms with Crippen LogP contribution in [0.5, 0.6) is 0 Å². The number of amides is 2. The minimum atomic E-state index is -0.359. The van der Waals surface area contributed by atoms with Crippen molar-refractivity contribution in [1.29, 1.82) is 0 Å². The number of nitrogens with one attached hydrogen (secondary N) is 1. The number of rotatable bonds is 7. The molecule has 4 nitrogen and oxygen atoms in total. The standard InChI is InChI=1S/C13H18N2O2/c14-12(16)7-4-8-13(17)15-10-9-11-5-2-1-3-6-11/h1-3,5-6H,4,7-10H2,(H2,14,16)(H,15,17). The molecular weight excluding hydrogens is 216 g/mol. The van der Waals surface area contributed by atoms with Crippen LogP contribution in [0.15, 0.2) is 30.3 Å². The normalized spacial score (nSPS) is 9.88. The fourth-order valence-corrected chi connectivity index (χ4v) is 1.50. The zero-order valence-corrected chi connectivity index (χ0v) is 9.82. The Morgan fingerprint density at radius 3 is 2.47 bits per heavy atom. The third-order valence-corrected chi connectivity index (χ3v) is 2.41. The quantitative estimate of drug-likeness (QED) is 0.738. The van der Waals surface area contributed by atoms with Crippen molar-refractivity contribution in [2.75, 3.05) is 6.54 Å². The van der Waals surface area contributed by atoms with E-state index < -0.39 is 0 Å². The Kier molecular flexibility index (Phi) is 5.79. The van der Waals surface area contributed by atoms with Crippen molar-refractivity contribution < 1.29 is 9.59 Å². The second-order valence-corrected chi connectivity index (χ2v) is 3.91. The topological polar surface area (TPSA) is 72.2 Å². The Balaban J connectivity index is 2.10. The molecule has 0 unspecified atom stereocenters. The van der Waals surface area contributed by atoms with Gasteiger partial charge in [-0.3, -0.25) is 9.59 Å². The highest BCUT2D eigenvalue weighted by atomic mass is 16.2. The lowest BCUT2D eigenvalue weighted by Crippen LogP contribution is -2.25. The van der Waals surface area contributed by atoms with Crippen LogP contribution in [0.3, 0.4) is 0 Å². The van der Waals surface area contributed by atoms with Crippen LogP contribution in [-0.2, 0) is 16.0 Å². The third kappa shape index (κ3) is 6.35. The minimum absolute atomic E-state index is 0.0258. The number of nitrogens with two attached hydrogens (primary N) is 1. The van der Waals surface area contributed by atoms with Gasteiger partial charge < -0.3 is 11.1 Å². The number of carbonyl (C=O) groups excluding carboxylic acids is 2. The summed E-state index contributed by atoms with van der Waals surface area (Å²) in [5, 5.41) is 2.81. The van der Waals surface area contributed by atoms with Crippen molar-refractivity contribution in [1.82, 2.24) is 5.32 Å². The van der Waals surface area contributed by atoms with Crippen LogP contribution in [0.1, 0.15) is 24.8 Å². The molecule has 0 bridgehead atoms. The van der Waals surface area contributed by atoms with Gasteiger partial charge in [0.2, 0.25) is 11.8 Å². The van der Waals surface area contributed by atoms with E-state index in [-0.39, 0.29) is 18.2 Å². The summed E-state index contributed by atoms with van der Waals surface area (Å²) in [4.78, 5) is 21.8. The number of carbonyl (C=O) groups is 2. The Hall–Kier alpha value is -1.84.